The molecule has 4 aliphatic rings. The Morgan fingerprint density at radius 2 is 1.08 bits per heavy atom. The Morgan fingerprint density at radius 1 is 0.467 bits per heavy atom. The van der Waals surface area contributed by atoms with Crippen molar-refractivity contribution in [2.24, 2.45) is 0 Å². The van der Waals surface area contributed by atoms with Gasteiger partial charge in [-0.1, -0.05) is 165 Å². The molecule has 1 saturated carbocycles. The fraction of sp³-hybridized carbons (Fsp3) is 0.130. The monoisotopic (exact) mass is 981 g/mol. The summed E-state index contributed by atoms with van der Waals surface area (Å²) in [5, 5.41) is 4.84. The first-order valence-corrected chi connectivity index (χ1v) is 27.6. The molecule has 10 aromatic carbocycles. The molecule has 0 N–H and O–H groups in total. The number of aryl methyl sites for hydroxylation is 1. The number of hydrogen-bond donors (Lipinski definition) is 0. The lowest BCUT2D eigenvalue weighted by molar-refractivity contribution is 0.195. The number of benzene rings is 10. The molecule has 75 heavy (non-hydrogen) atoms. The van der Waals surface area contributed by atoms with Gasteiger partial charge in [0.2, 0.25) is 0 Å². The van der Waals surface area contributed by atoms with E-state index in [0.29, 0.717) is 0 Å². The van der Waals surface area contributed by atoms with Gasteiger partial charge in [0.15, 0.2) is 5.58 Å². The Bertz CT molecular complexity index is 4350. The Hall–Kier alpha value is -8.32. The highest BCUT2D eigenvalue weighted by Gasteiger charge is 2.58. The number of anilines is 8. The van der Waals surface area contributed by atoms with Gasteiger partial charge in [0.1, 0.15) is 5.58 Å². The summed E-state index contributed by atoms with van der Waals surface area (Å²) in [6.45, 7) is 7.35. The van der Waals surface area contributed by atoms with Crippen LogP contribution in [0.15, 0.2) is 217 Å². The second-order valence-corrected chi connectivity index (χ2v) is 23.0. The lowest BCUT2D eigenvalue weighted by Crippen LogP contribution is -2.61. The second kappa shape index (κ2) is 15.8. The Kier molecular flexibility index (Phi) is 9.11. The topological polar surface area (TPSA) is 22.9 Å². The van der Waals surface area contributed by atoms with Gasteiger partial charge in [-0.25, -0.2) is 0 Å². The predicted molar refractivity (Wildman–Crippen MR) is 319 cm³/mol. The van der Waals surface area contributed by atoms with Gasteiger partial charge >= 0.3 is 0 Å². The SMILES string of the molecule is Cc1cc2c3c(c1)N(c1cccc4c1sc1ccccc14)c1cc(N4c5ccc(-c6ccccc6)cc5C5(C)CCCCC45C)ccc1B3c1ccc(-c3ccccc3)cc1N2c1cccc2c1oc1ccccc12. The van der Waals surface area contributed by atoms with E-state index in [2.05, 4.69) is 248 Å². The van der Waals surface area contributed by atoms with Crippen molar-refractivity contribution < 1.29 is 4.42 Å². The molecule has 0 spiro atoms. The standard InChI is InChI=1S/C69H52BN3OS/c1-43-38-61-65-62(39-43)72(58-27-17-25-52-50-23-11-13-29-64(50)75-67(52)58)60-42-48(73-56-35-31-46(44-18-6-4-7-19-44)40-53(56)68(2)36-14-15-37-69(68,73)3)32-34-55(60)70(65)54-33-30-47(45-20-8-5-9-21-45)41-59(54)71(61)57-26-16-24-51-49-22-10-12-28-63(49)74-66(51)57/h4-13,16-35,38-42H,14-15,36-37H2,1-3H3. The summed E-state index contributed by atoms with van der Waals surface area (Å²) >= 11 is 1.91. The van der Waals surface area contributed by atoms with E-state index in [0.717, 1.165) is 40.5 Å². The number of thiophene rings is 1. The maximum absolute atomic E-state index is 6.95. The molecule has 6 heteroatoms. The zero-order chi connectivity index (χ0) is 49.7. The zero-order valence-electron chi connectivity index (χ0n) is 42.3. The van der Waals surface area contributed by atoms with Crippen molar-refractivity contribution >= 4 is 122 Å². The van der Waals surface area contributed by atoms with Gasteiger partial charge in [-0.2, -0.15) is 0 Å². The molecule has 2 atom stereocenters. The average Bonchev–Trinajstić information content (AvgIpc) is 4.17. The van der Waals surface area contributed by atoms with Gasteiger partial charge in [-0.3, -0.25) is 0 Å². The molecule has 0 bridgehead atoms. The first-order chi connectivity index (χ1) is 36.8. The molecule has 358 valence electrons. The Morgan fingerprint density at radius 3 is 1.87 bits per heavy atom. The lowest BCUT2D eigenvalue weighted by Gasteiger charge is -2.50. The van der Waals surface area contributed by atoms with E-state index in [1.54, 1.807) is 0 Å². The minimum absolute atomic E-state index is 0.0346. The zero-order valence-corrected chi connectivity index (χ0v) is 43.1. The summed E-state index contributed by atoms with van der Waals surface area (Å²) in [7, 11) is 0. The van der Waals surface area contributed by atoms with Crippen LogP contribution in [0.5, 0.6) is 0 Å². The van der Waals surface area contributed by atoms with Crippen LogP contribution in [-0.2, 0) is 5.41 Å². The van der Waals surface area contributed by atoms with E-state index in [1.165, 1.54) is 123 Å². The molecule has 1 aliphatic carbocycles. The molecule has 4 nitrogen and oxygen atoms in total. The van der Waals surface area contributed by atoms with E-state index >= 15 is 0 Å². The van der Waals surface area contributed by atoms with Crippen LogP contribution in [0.25, 0.3) is 64.4 Å². The van der Waals surface area contributed by atoms with Crippen LogP contribution in [0, 0.1) is 6.92 Å². The van der Waals surface area contributed by atoms with Crippen LogP contribution in [-0.4, -0.2) is 12.3 Å². The van der Waals surface area contributed by atoms with Crippen LogP contribution in [0.2, 0.25) is 0 Å². The molecule has 2 unspecified atom stereocenters. The molecule has 2 aromatic heterocycles. The van der Waals surface area contributed by atoms with Gasteiger partial charge < -0.3 is 19.1 Å². The summed E-state index contributed by atoms with van der Waals surface area (Å²) in [6.07, 6.45) is 4.73. The van der Waals surface area contributed by atoms with Crippen molar-refractivity contribution in [3.05, 3.63) is 223 Å². The van der Waals surface area contributed by atoms with Crippen molar-refractivity contribution in [3.63, 3.8) is 0 Å². The molecule has 12 aromatic rings. The molecule has 16 rings (SSSR count). The maximum Gasteiger partial charge on any atom is 0.252 e. The Labute approximate surface area is 441 Å². The maximum atomic E-state index is 6.95. The van der Waals surface area contributed by atoms with Crippen molar-refractivity contribution in [3.8, 4) is 22.3 Å². The number of nitrogens with zero attached hydrogens (tertiary/aromatic N) is 3. The molecular weight excluding hydrogens is 930 g/mol. The average molecular weight is 982 g/mol. The number of hydrogen-bond acceptors (Lipinski definition) is 5. The number of para-hydroxylation sites is 2. The van der Waals surface area contributed by atoms with Gasteiger partial charge in [0.25, 0.3) is 6.71 Å². The van der Waals surface area contributed by atoms with E-state index in [4.69, 9.17) is 4.42 Å². The highest BCUT2D eigenvalue weighted by atomic mass is 32.1. The third-order valence-electron chi connectivity index (χ3n) is 18.0. The van der Waals surface area contributed by atoms with Gasteiger partial charge in [-0.05, 0) is 143 Å². The molecule has 1 fully saturated rings. The Balaban J connectivity index is 0.981. The largest absolute Gasteiger partial charge is 0.454 e. The van der Waals surface area contributed by atoms with E-state index < -0.39 is 0 Å². The van der Waals surface area contributed by atoms with Crippen LogP contribution >= 0.6 is 11.3 Å². The fourth-order valence-electron chi connectivity index (χ4n) is 14.3. The quantitative estimate of drug-likeness (QED) is 0.160. The first-order valence-electron chi connectivity index (χ1n) is 26.7. The van der Waals surface area contributed by atoms with Crippen LogP contribution in [0.4, 0.5) is 45.5 Å². The van der Waals surface area contributed by atoms with E-state index in [1.807, 2.05) is 11.3 Å². The highest BCUT2D eigenvalue weighted by Crippen LogP contribution is 2.62. The van der Waals surface area contributed by atoms with E-state index in [9.17, 15) is 0 Å². The van der Waals surface area contributed by atoms with Crippen LogP contribution in [0.1, 0.15) is 50.7 Å². The van der Waals surface area contributed by atoms with Gasteiger partial charge in [0, 0.05) is 65.8 Å². The van der Waals surface area contributed by atoms with Gasteiger partial charge in [-0.15, -0.1) is 11.3 Å². The van der Waals surface area contributed by atoms with Crippen LogP contribution in [0.3, 0.4) is 0 Å². The minimum Gasteiger partial charge on any atom is -0.454 e. The van der Waals surface area contributed by atoms with Crippen LogP contribution < -0.4 is 31.1 Å². The van der Waals surface area contributed by atoms with Crippen molar-refractivity contribution in [1.29, 1.82) is 0 Å². The number of rotatable bonds is 5. The number of furan rings is 1. The molecule has 3 aliphatic heterocycles. The normalized spacial score (nSPS) is 18.4. The highest BCUT2D eigenvalue weighted by molar-refractivity contribution is 7.26. The fourth-order valence-corrected chi connectivity index (χ4v) is 15.6. The van der Waals surface area contributed by atoms with E-state index in [-0.39, 0.29) is 17.7 Å². The molecule has 5 heterocycles. The molecule has 0 amide bonds. The lowest BCUT2D eigenvalue weighted by atomic mass is 9.33. The minimum atomic E-state index is -0.132. The summed E-state index contributed by atoms with van der Waals surface area (Å²) in [6, 6.07) is 79.8. The summed E-state index contributed by atoms with van der Waals surface area (Å²) in [5.74, 6) is 0. The predicted octanol–water partition coefficient (Wildman–Crippen LogP) is 17.4. The summed E-state index contributed by atoms with van der Waals surface area (Å²) in [4.78, 5) is 7.95. The molecular formula is C69H52BN3OS. The molecule has 0 radical (unpaired) electrons. The van der Waals surface area contributed by atoms with Crippen molar-refractivity contribution in [1.82, 2.24) is 0 Å². The van der Waals surface area contributed by atoms with Crippen molar-refractivity contribution in [2.45, 2.75) is 57.4 Å². The summed E-state index contributed by atoms with van der Waals surface area (Å²) < 4.78 is 9.54. The second-order valence-electron chi connectivity index (χ2n) is 22.0. The smallest absolute Gasteiger partial charge is 0.252 e. The van der Waals surface area contributed by atoms with Crippen molar-refractivity contribution in [2.75, 3.05) is 14.7 Å². The third kappa shape index (κ3) is 6.00. The third-order valence-corrected chi connectivity index (χ3v) is 19.2. The summed E-state index contributed by atoms with van der Waals surface area (Å²) in [5.41, 5.74) is 22.7. The molecule has 0 saturated heterocycles. The van der Waals surface area contributed by atoms with Gasteiger partial charge in [0.05, 0.1) is 21.6 Å². The number of fused-ring (bicyclic) bond motifs is 13. The first kappa shape index (κ1) is 43.1.